The zero-order valence-corrected chi connectivity index (χ0v) is 10.3. The molecule has 0 bridgehead atoms. The molecule has 18 heavy (non-hydrogen) atoms. The van der Waals surface area contributed by atoms with Crippen LogP contribution in [0.15, 0.2) is 12.4 Å². The number of hydrogen-bond donors (Lipinski definition) is 0. The number of carbonyl (C=O) groups is 1. The van der Waals surface area contributed by atoms with E-state index in [1.807, 2.05) is 17.9 Å². The zero-order chi connectivity index (χ0) is 13.1. The van der Waals surface area contributed by atoms with Gasteiger partial charge in [0.15, 0.2) is 5.69 Å². The summed E-state index contributed by atoms with van der Waals surface area (Å²) in [4.78, 5) is 21.7. The van der Waals surface area contributed by atoms with E-state index in [0.717, 1.165) is 6.54 Å². The first-order valence-electron chi connectivity index (χ1n) is 5.70. The highest BCUT2D eigenvalue weighted by Gasteiger charge is 2.36. The Hall–Kier alpha value is -2.16. The second kappa shape index (κ2) is 5.00. The van der Waals surface area contributed by atoms with Crippen LogP contribution in [0.25, 0.3) is 0 Å². The molecule has 1 aromatic rings. The molecule has 6 heteroatoms. The van der Waals surface area contributed by atoms with Crippen molar-refractivity contribution in [1.82, 2.24) is 9.97 Å². The summed E-state index contributed by atoms with van der Waals surface area (Å²) in [5.74, 6) is 0.584. The van der Waals surface area contributed by atoms with Crippen molar-refractivity contribution in [2.75, 3.05) is 25.1 Å². The number of aromatic nitrogens is 2. The number of methoxy groups -OCH3 is 1. The Labute approximate surface area is 105 Å². The van der Waals surface area contributed by atoms with Crippen LogP contribution in [-0.4, -0.2) is 36.1 Å². The van der Waals surface area contributed by atoms with E-state index >= 15 is 0 Å². The lowest BCUT2D eigenvalue weighted by molar-refractivity contribution is -0.145. The van der Waals surface area contributed by atoms with Crippen LogP contribution < -0.4 is 4.90 Å². The summed E-state index contributed by atoms with van der Waals surface area (Å²) >= 11 is 0. The SMILES string of the molecule is COC(=O)C1CN(c2cnc(C#N)cn2)CC1C. The quantitative estimate of drug-likeness (QED) is 0.711. The molecule has 94 valence electrons. The van der Waals surface area contributed by atoms with Crippen molar-refractivity contribution < 1.29 is 9.53 Å². The Morgan fingerprint density at radius 1 is 1.50 bits per heavy atom. The largest absolute Gasteiger partial charge is 0.469 e. The van der Waals surface area contributed by atoms with Crippen molar-refractivity contribution in [3.8, 4) is 6.07 Å². The molecule has 1 aromatic heterocycles. The van der Waals surface area contributed by atoms with Crippen molar-refractivity contribution in [3.05, 3.63) is 18.1 Å². The minimum absolute atomic E-state index is 0.132. The van der Waals surface area contributed by atoms with Gasteiger partial charge in [-0.25, -0.2) is 9.97 Å². The summed E-state index contributed by atoms with van der Waals surface area (Å²) in [5.41, 5.74) is 0.288. The fourth-order valence-corrected chi connectivity index (χ4v) is 2.15. The van der Waals surface area contributed by atoms with Gasteiger partial charge in [0.1, 0.15) is 11.9 Å². The molecule has 0 N–H and O–H groups in total. The summed E-state index contributed by atoms with van der Waals surface area (Å²) in [5, 5.41) is 8.66. The van der Waals surface area contributed by atoms with Crippen LogP contribution in [-0.2, 0) is 9.53 Å². The highest BCUT2D eigenvalue weighted by Crippen LogP contribution is 2.27. The van der Waals surface area contributed by atoms with E-state index in [1.54, 1.807) is 6.20 Å². The van der Waals surface area contributed by atoms with Gasteiger partial charge in [-0.15, -0.1) is 0 Å². The lowest BCUT2D eigenvalue weighted by Gasteiger charge is -2.16. The van der Waals surface area contributed by atoms with Crippen molar-refractivity contribution in [3.63, 3.8) is 0 Å². The van der Waals surface area contributed by atoms with Gasteiger partial charge in [-0.1, -0.05) is 6.92 Å². The molecule has 2 unspecified atom stereocenters. The Morgan fingerprint density at radius 2 is 2.28 bits per heavy atom. The van der Waals surface area contributed by atoms with Gasteiger partial charge in [-0.3, -0.25) is 4.79 Å². The van der Waals surface area contributed by atoms with Crippen LogP contribution in [0.4, 0.5) is 5.82 Å². The molecule has 0 amide bonds. The van der Waals surface area contributed by atoms with E-state index in [-0.39, 0.29) is 23.5 Å². The first-order chi connectivity index (χ1) is 8.65. The number of ether oxygens (including phenoxy) is 1. The third kappa shape index (κ3) is 2.25. The van der Waals surface area contributed by atoms with Crippen LogP contribution in [0, 0.1) is 23.2 Å². The van der Waals surface area contributed by atoms with Crippen LogP contribution in [0.5, 0.6) is 0 Å². The number of nitriles is 1. The van der Waals surface area contributed by atoms with Crippen LogP contribution in [0.2, 0.25) is 0 Å². The van der Waals surface area contributed by atoms with E-state index in [1.165, 1.54) is 13.3 Å². The summed E-state index contributed by atoms with van der Waals surface area (Å²) < 4.78 is 4.78. The lowest BCUT2D eigenvalue weighted by atomic mass is 9.99. The van der Waals surface area contributed by atoms with Crippen molar-refractivity contribution >= 4 is 11.8 Å². The average Bonchev–Trinajstić information content (AvgIpc) is 2.80. The Kier molecular flexibility index (Phi) is 3.42. The first kappa shape index (κ1) is 12.3. The van der Waals surface area contributed by atoms with Crippen LogP contribution in [0.3, 0.4) is 0 Å². The number of carbonyl (C=O) groups excluding carboxylic acids is 1. The van der Waals surface area contributed by atoms with E-state index in [9.17, 15) is 4.79 Å². The monoisotopic (exact) mass is 246 g/mol. The maximum atomic E-state index is 11.6. The van der Waals surface area contributed by atoms with E-state index < -0.39 is 0 Å². The molecule has 0 aliphatic carbocycles. The van der Waals surface area contributed by atoms with E-state index in [0.29, 0.717) is 12.4 Å². The van der Waals surface area contributed by atoms with E-state index in [2.05, 4.69) is 9.97 Å². The average molecular weight is 246 g/mol. The summed E-state index contributed by atoms with van der Waals surface area (Å²) in [6.07, 6.45) is 3.00. The van der Waals surface area contributed by atoms with Crippen molar-refractivity contribution in [1.29, 1.82) is 5.26 Å². The number of nitrogens with zero attached hydrogens (tertiary/aromatic N) is 4. The Balaban J connectivity index is 2.12. The van der Waals surface area contributed by atoms with Crippen LogP contribution in [0.1, 0.15) is 12.6 Å². The first-order valence-corrected chi connectivity index (χ1v) is 5.70. The molecule has 1 aliphatic rings. The second-order valence-electron chi connectivity index (χ2n) is 4.38. The topological polar surface area (TPSA) is 79.1 Å². The minimum Gasteiger partial charge on any atom is -0.469 e. The highest BCUT2D eigenvalue weighted by atomic mass is 16.5. The van der Waals surface area contributed by atoms with E-state index in [4.69, 9.17) is 10.00 Å². The third-order valence-corrected chi connectivity index (χ3v) is 3.19. The molecular weight excluding hydrogens is 232 g/mol. The lowest BCUT2D eigenvalue weighted by Crippen LogP contribution is -2.24. The number of anilines is 1. The fourth-order valence-electron chi connectivity index (χ4n) is 2.15. The summed E-state index contributed by atoms with van der Waals surface area (Å²) in [6.45, 7) is 3.33. The predicted molar refractivity (Wildman–Crippen MR) is 63.6 cm³/mol. The highest BCUT2D eigenvalue weighted by molar-refractivity contribution is 5.74. The van der Waals surface area contributed by atoms with Gasteiger partial charge < -0.3 is 9.64 Å². The van der Waals surface area contributed by atoms with Gasteiger partial charge in [-0.2, -0.15) is 5.26 Å². The smallest absolute Gasteiger partial charge is 0.310 e. The van der Waals surface area contributed by atoms with Gasteiger partial charge in [0.05, 0.1) is 25.4 Å². The van der Waals surface area contributed by atoms with Gasteiger partial charge >= 0.3 is 5.97 Å². The number of esters is 1. The molecule has 6 nitrogen and oxygen atoms in total. The third-order valence-electron chi connectivity index (χ3n) is 3.19. The zero-order valence-electron chi connectivity index (χ0n) is 10.3. The summed E-state index contributed by atoms with van der Waals surface area (Å²) in [7, 11) is 1.40. The van der Waals surface area contributed by atoms with Gasteiger partial charge in [0, 0.05) is 13.1 Å². The standard InChI is InChI=1S/C12H14N4O2/c1-8-6-16(7-10(8)12(17)18-2)11-5-14-9(3-13)4-15-11/h4-5,8,10H,6-7H2,1-2H3. The minimum atomic E-state index is -0.188. The number of hydrogen-bond acceptors (Lipinski definition) is 6. The van der Waals surface area contributed by atoms with Gasteiger partial charge in [0.25, 0.3) is 0 Å². The molecule has 2 heterocycles. The van der Waals surface area contributed by atoms with Gasteiger partial charge in [-0.05, 0) is 5.92 Å². The molecule has 0 spiro atoms. The Bertz CT molecular complexity index is 480. The fraction of sp³-hybridized carbons (Fsp3) is 0.500. The predicted octanol–water partition coefficient (Wildman–Crippen LogP) is 0.594. The molecular formula is C12H14N4O2. The molecule has 2 rings (SSSR count). The normalized spacial score (nSPS) is 22.6. The van der Waals surface area contributed by atoms with Gasteiger partial charge in [0.2, 0.25) is 0 Å². The molecule has 0 aromatic carbocycles. The maximum Gasteiger partial charge on any atom is 0.310 e. The summed E-state index contributed by atoms with van der Waals surface area (Å²) in [6, 6.07) is 1.92. The molecule has 1 aliphatic heterocycles. The molecule has 1 fully saturated rings. The maximum absolute atomic E-state index is 11.6. The molecule has 1 saturated heterocycles. The molecule has 0 saturated carbocycles. The number of rotatable bonds is 2. The molecule has 2 atom stereocenters. The Morgan fingerprint density at radius 3 is 2.83 bits per heavy atom. The van der Waals surface area contributed by atoms with Crippen LogP contribution >= 0.6 is 0 Å². The van der Waals surface area contributed by atoms with Crippen molar-refractivity contribution in [2.24, 2.45) is 11.8 Å². The van der Waals surface area contributed by atoms with Crippen molar-refractivity contribution in [2.45, 2.75) is 6.92 Å². The second-order valence-corrected chi connectivity index (χ2v) is 4.38. The molecule has 0 radical (unpaired) electrons.